The number of ether oxygens (including phenoxy) is 1. The van der Waals surface area contributed by atoms with E-state index in [0.29, 0.717) is 12.2 Å². The Morgan fingerprint density at radius 2 is 1.90 bits per heavy atom. The van der Waals surface area contributed by atoms with Crippen LogP contribution in [0, 0.1) is 6.92 Å². The smallest absolute Gasteiger partial charge is 0.122 e. The van der Waals surface area contributed by atoms with Crippen molar-refractivity contribution in [3.63, 3.8) is 0 Å². The molecule has 2 aromatic carbocycles. The number of thioether (sulfide) groups is 1. The van der Waals surface area contributed by atoms with Crippen molar-refractivity contribution in [2.24, 2.45) is 0 Å². The molecule has 0 amide bonds. The molecule has 1 unspecified atom stereocenters. The van der Waals surface area contributed by atoms with Gasteiger partial charge in [-0.25, -0.2) is 0 Å². The number of halogens is 1. The summed E-state index contributed by atoms with van der Waals surface area (Å²) in [6.07, 6.45) is 0.211. The molecular formula is C17H19BrO2S. The molecule has 1 atom stereocenters. The van der Waals surface area contributed by atoms with Gasteiger partial charge >= 0.3 is 0 Å². The van der Waals surface area contributed by atoms with E-state index in [1.165, 1.54) is 5.56 Å². The van der Waals surface area contributed by atoms with E-state index >= 15 is 0 Å². The summed E-state index contributed by atoms with van der Waals surface area (Å²) >= 11 is 5.08. The second-order valence-electron chi connectivity index (χ2n) is 4.94. The topological polar surface area (TPSA) is 29.5 Å². The Morgan fingerprint density at radius 3 is 2.57 bits per heavy atom. The maximum Gasteiger partial charge on any atom is 0.122 e. The first-order chi connectivity index (χ1) is 10.1. The fraction of sp³-hybridized carbons (Fsp3) is 0.294. The summed E-state index contributed by atoms with van der Waals surface area (Å²) in [5, 5.41) is 10.2. The van der Waals surface area contributed by atoms with Gasteiger partial charge in [0.05, 0.1) is 13.2 Å². The molecule has 0 aliphatic heterocycles. The number of benzene rings is 2. The second kappa shape index (κ2) is 7.87. The van der Waals surface area contributed by atoms with Crippen LogP contribution in [0.5, 0.6) is 5.75 Å². The zero-order chi connectivity index (χ0) is 15.2. The largest absolute Gasteiger partial charge is 0.496 e. The van der Waals surface area contributed by atoms with Crippen molar-refractivity contribution in [3.05, 3.63) is 58.1 Å². The van der Waals surface area contributed by atoms with Crippen LogP contribution in [0.15, 0.2) is 51.8 Å². The highest BCUT2D eigenvalue weighted by molar-refractivity contribution is 9.10. The van der Waals surface area contributed by atoms with Crippen molar-refractivity contribution in [3.8, 4) is 5.75 Å². The molecule has 21 heavy (non-hydrogen) atoms. The molecule has 0 spiro atoms. The fourth-order valence-corrected chi connectivity index (χ4v) is 3.20. The molecule has 0 aliphatic carbocycles. The number of hydrogen-bond acceptors (Lipinski definition) is 3. The van der Waals surface area contributed by atoms with Gasteiger partial charge in [-0.1, -0.05) is 33.6 Å². The molecule has 0 fully saturated rings. The highest BCUT2D eigenvalue weighted by Gasteiger charge is 2.11. The summed E-state index contributed by atoms with van der Waals surface area (Å²) in [6.45, 7) is 2.05. The number of methoxy groups -OCH3 is 1. The molecule has 0 bridgehead atoms. The Hall–Kier alpha value is -0.970. The quantitative estimate of drug-likeness (QED) is 0.765. The standard InChI is InChI=1S/C17H19BrO2S/c1-12-3-8-17(20-2)13(9-12)10-15(19)11-21-16-6-4-14(18)5-7-16/h3-9,15,19H,10-11H2,1-2H3. The van der Waals surface area contributed by atoms with Gasteiger partial charge < -0.3 is 9.84 Å². The van der Waals surface area contributed by atoms with Crippen LogP contribution in [0.4, 0.5) is 0 Å². The van der Waals surface area contributed by atoms with E-state index in [1.807, 2.05) is 31.2 Å². The van der Waals surface area contributed by atoms with Gasteiger partial charge in [-0.3, -0.25) is 0 Å². The van der Waals surface area contributed by atoms with Crippen molar-refractivity contribution in [1.29, 1.82) is 0 Å². The number of hydrogen-bond donors (Lipinski definition) is 1. The molecule has 0 radical (unpaired) electrons. The van der Waals surface area contributed by atoms with E-state index < -0.39 is 6.10 Å². The molecule has 2 rings (SSSR count). The third kappa shape index (κ3) is 5.06. The molecule has 0 heterocycles. The zero-order valence-electron chi connectivity index (χ0n) is 12.2. The van der Waals surface area contributed by atoms with Crippen LogP contribution in [0.25, 0.3) is 0 Å². The van der Waals surface area contributed by atoms with Crippen molar-refractivity contribution in [2.45, 2.75) is 24.3 Å². The first-order valence-electron chi connectivity index (χ1n) is 6.78. The highest BCUT2D eigenvalue weighted by atomic mass is 79.9. The molecule has 2 aromatic rings. The SMILES string of the molecule is COc1ccc(C)cc1CC(O)CSc1ccc(Br)cc1. The summed E-state index contributed by atoms with van der Waals surface area (Å²) in [5.74, 6) is 1.51. The summed E-state index contributed by atoms with van der Waals surface area (Å²) in [5.41, 5.74) is 2.24. The third-order valence-corrected chi connectivity index (χ3v) is 4.83. The lowest BCUT2D eigenvalue weighted by molar-refractivity contribution is 0.198. The van der Waals surface area contributed by atoms with E-state index in [9.17, 15) is 5.11 Å². The van der Waals surface area contributed by atoms with E-state index in [1.54, 1.807) is 18.9 Å². The van der Waals surface area contributed by atoms with E-state index in [2.05, 4.69) is 34.1 Å². The maximum absolute atomic E-state index is 10.2. The lowest BCUT2D eigenvalue weighted by Crippen LogP contribution is -2.14. The Kier molecular flexibility index (Phi) is 6.15. The van der Waals surface area contributed by atoms with Gasteiger partial charge in [0.1, 0.15) is 5.75 Å². The Balaban J connectivity index is 1.94. The average Bonchev–Trinajstić information content (AvgIpc) is 2.47. The lowest BCUT2D eigenvalue weighted by atomic mass is 10.0. The van der Waals surface area contributed by atoms with Crippen LogP contribution in [0.3, 0.4) is 0 Å². The van der Waals surface area contributed by atoms with Crippen LogP contribution in [0.2, 0.25) is 0 Å². The first kappa shape index (κ1) is 16.4. The summed E-state index contributed by atoms with van der Waals surface area (Å²) in [7, 11) is 1.66. The lowest BCUT2D eigenvalue weighted by Gasteiger charge is -2.14. The monoisotopic (exact) mass is 366 g/mol. The Morgan fingerprint density at radius 1 is 1.19 bits per heavy atom. The average molecular weight is 367 g/mol. The summed E-state index contributed by atoms with van der Waals surface area (Å²) < 4.78 is 6.42. The second-order valence-corrected chi connectivity index (χ2v) is 6.95. The van der Waals surface area contributed by atoms with Crippen LogP contribution in [-0.2, 0) is 6.42 Å². The van der Waals surface area contributed by atoms with Crippen molar-refractivity contribution in [1.82, 2.24) is 0 Å². The van der Waals surface area contributed by atoms with E-state index in [4.69, 9.17) is 4.74 Å². The molecule has 0 saturated carbocycles. The first-order valence-corrected chi connectivity index (χ1v) is 8.56. The van der Waals surface area contributed by atoms with Gasteiger partial charge in [0, 0.05) is 21.5 Å². The van der Waals surface area contributed by atoms with Gasteiger partial charge in [-0.2, -0.15) is 0 Å². The fourth-order valence-electron chi connectivity index (χ4n) is 2.10. The third-order valence-electron chi connectivity index (χ3n) is 3.15. The molecule has 2 nitrogen and oxygen atoms in total. The van der Waals surface area contributed by atoms with Gasteiger partial charge in [-0.05, 0) is 42.8 Å². The van der Waals surface area contributed by atoms with Gasteiger partial charge in [0.15, 0.2) is 0 Å². The molecule has 1 N–H and O–H groups in total. The predicted octanol–water partition coefficient (Wildman–Crippen LogP) is 4.46. The summed E-state index contributed by atoms with van der Waals surface area (Å²) in [6, 6.07) is 14.2. The zero-order valence-corrected chi connectivity index (χ0v) is 14.6. The van der Waals surface area contributed by atoms with Crippen LogP contribution in [0.1, 0.15) is 11.1 Å². The van der Waals surface area contributed by atoms with Crippen molar-refractivity contribution < 1.29 is 9.84 Å². The van der Waals surface area contributed by atoms with Gasteiger partial charge in [-0.15, -0.1) is 11.8 Å². The molecule has 112 valence electrons. The minimum absolute atomic E-state index is 0.394. The number of aliphatic hydroxyl groups excluding tert-OH is 1. The molecule has 0 saturated heterocycles. The minimum atomic E-state index is -0.394. The van der Waals surface area contributed by atoms with E-state index in [-0.39, 0.29) is 0 Å². The molecule has 4 heteroatoms. The van der Waals surface area contributed by atoms with Crippen LogP contribution >= 0.6 is 27.7 Å². The molecule has 0 aliphatic rings. The van der Waals surface area contributed by atoms with Crippen molar-refractivity contribution >= 4 is 27.7 Å². The van der Waals surface area contributed by atoms with Gasteiger partial charge in [0.2, 0.25) is 0 Å². The van der Waals surface area contributed by atoms with E-state index in [0.717, 1.165) is 20.7 Å². The number of rotatable bonds is 6. The molecule has 0 aromatic heterocycles. The number of aliphatic hydroxyl groups is 1. The summed E-state index contributed by atoms with van der Waals surface area (Å²) in [4.78, 5) is 1.16. The highest BCUT2D eigenvalue weighted by Crippen LogP contribution is 2.25. The predicted molar refractivity (Wildman–Crippen MR) is 92.3 cm³/mol. The van der Waals surface area contributed by atoms with Crippen LogP contribution in [-0.4, -0.2) is 24.1 Å². The Labute approximate surface area is 138 Å². The molecular weight excluding hydrogens is 348 g/mol. The number of aryl methyl sites for hydroxylation is 1. The van der Waals surface area contributed by atoms with Crippen molar-refractivity contribution in [2.75, 3.05) is 12.9 Å². The van der Waals surface area contributed by atoms with Crippen LogP contribution < -0.4 is 4.74 Å². The Bertz CT molecular complexity index is 584. The maximum atomic E-state index is 10.2. The minimum Gasteiger partial charge on any atom is -0.496 e. The van der Waals surface area contributed by atoms with Gasteiger partial charge in [0.25, 0.3) is 0 Å². The normalized spacial score (nSPS) is 12.2.